The third kappa shape index (κ3) is 3.51. The third-order valence-corrected chi connectivity index (χ3v) is 3.25. The van der Waals surface area contributed by atoms with Crippen molar-refractivity contribution in [2.24, 2.45) is 7.05 Å². The quantitative estimate of drug-likeness (QED) is 0.859. The summed E-state index contributed by atoms with van der Waals surface area (Å²) >= 11 is 0. The summed E-state index contributed by atoms with van der Waals surface area (Å²) in [6.45, 7) is 0.450. The molecule has 0 radical (unpaired) electrons. The van der Waals surface area contributed by atoms with Gasteiger partial charge in [-0.2, -0.15) is 0 Å². The standard InChI is InChI=1S/C16H18N2O3/c1-17-8-7-13(10-15(17)19)16(20)18(2)11-12-5-4-6-14(9-12)21-3/h4-10H,11H2,1-3H3. The van der Waals surface area contributed by atoms with Crippen LogP contribution in [0.3, 0.4) is 0 Å². The fourth-order valence-corrected chi connectivity index (χ4v) is 2.02. The van der Waals surface area contributed by atoms with Gasteiger partial charge in [-0.1, -0.05) is 12.1 Å². The first-order valence-corrected chi connectivity index (χ1v) is 6.56. The maximum atomic E-state index is 12.3. The molecule has 0 saturated heterocycles. The maximum absolute atomic E-state index is 12.3. The lowest BCUT2D eigenvalue weighted by molar-refractivity contribution is 0.0784. The molecule has 0 spiro atoms. The zero-order valence-electron chi connectivity index (χ0n) is 12.4. The predicted molar refractivity (Wildman–Crippen MR) is 80.5 cm³/mol. The number of hydrogen-bond acceptors (Lipinski definition) is 3. The largest absolute Gasteiger partial charge is 0.497 e. The molecule has 5 nitrogen and oxygen atoms in total. The first-order valence-electron chi connectivity index (χ1n) is 6.56. The number of aryl methyl sites for hydroxylation is 1. The first-order chi connectivity index (χ1) is 10.0. The minimum atomic E-state index is -0.198. The second-order valence-corrected chi connectivity index (χ2v) is 4.88. The molecule has 0 aliphatic carbocycles. The number of benzene rings is 1. The van der Waals surface area contributed by atoms with Gasteiger partial charge in [0.1, 0.15) is 5.75 Å². The van der Waals surface area contributed by atoms with E-state index >= 15 is 0 Å². The molecule has 0 unspecified atom stereocenters. The van der Waals surface area contributed by atoms with E-state index in [-0.39, 0.29) is 11.5 Å². The Morgan fingerprint density at radius 3 is 2.71 bits per heavy atom. The van der Waals surface area contributed by atoms with Crippen molar-refractivity contribution in [2.45, 2.75) is 6.54 Å². The van der Waals surface area contributed by atoms with Gasteiger partial charge < -0.3 is 14.2 Å². The van der Waals surface area contributed by atoms with Crippen LogP contribution in [0.2, 0.25) is 0 Å². The number of carbonyl (C=O) groups is 1. The molecule has 1 aromatic carbocycles. The third-order valence-electron chi connectivity index (χ3n) is 3.25. The molecule has 5 heteroatoms. The minimum absolute atomic E-state index is 0.185. The molecule has 110 valence electrons. The molecule has 2 aromatic rings. The van der Waals surface area contributed by atoms with Crippen molar-refractivity contribution in [3.05, 3.63) is 64.1 Å². The first kappa shape index (κ1) is 14.8. The Hall–Kier alpha value is -2.56. The Bertz CT molecular complexity index is 707. The van der Waals surface area contributed by atoms with Crippen LogP contribution < -0.4 is 10.3 Å². The normalized spacial score (nSPS) is 10.2. The average Bonchev–Trinajstić information content (AvgIpc) is 2.49. The van der Waals surface area contributed by atoms with E-state index in [0.717, 1.165) is 11.3 Å². The van der Waals surface area contributed by atoms with Crippen molar-refractivity contribution >= 4 is 5.91 Å². The van der Waals surface area contributed by atoms with Crippen LogP contribution in [0.4, 0.5) is 0 Å². The predicted octanol–water partition coefficient (Wildman–Crippen LogP) is 1.67. The number of rotatable bonds is 4. The highest BCUT2D eigenvalue weighted by Crippen LogP contribution is 2.14. The number of hydrogen-bond donors (Lipinski definition) is 0. The van der Waals surface area contributed by atoms with Crippen LogP contribution in [-0.2, 0) is 13.6 Å². The lowest BCUT2D eigenvalue weighted by atomic mass is 10.2. The Morgan fingerprint density at radius 1 is 1.29 bits per heavy atom. The van der Waals surface area contributed by atoms with Gasteiger partial charge in [0.25, 0.3) is 11.5 Å². The van der Waals surface area contributed by atoms with Crippen LogP contribution in [0, 0.1) is 0 Å². The van der Waals surface area contributed by atoms with Crippen LogP contribution in [0.5, 0.6) is 5.75 Å². The number of pyridine rings is 1. The van der Waals surface area contributed by atoms with Gasteiger partial charge in [0, 0.05) is 38.5 Å². The molecule has 1 amide bonds. The van der Waals surface area contributed by atoms with E-state index in [1.807, 2.05) is 24.3 Å². The molecule has 1 aromatic heterocycles. The van der Waals surface area contributed by atoms with Gasteiger partial charge in [0.15, 0.2) is 0 Å². The van der Waals surface area contributed by atoms with E-state index < -0.39 is 0 Å². The smallest absolute Gasteiger partial charge is 0.254 e. The maximum Gasteiger partial charge on any atom is 0.254 e. The summed E-state index contributed by atoms with van der Waals surface area (Å²) in [6.07, 6.45) is 1.59. The molecular formula is C16H18N2O3. The molecule has 0 saturated carbocycles. The summed E-state index contributed by atoms with van der Waals surface area (Å²) in [6, 6.07) is 10.5. The van der Waals surface area contributed by atoms with Crippen LogP contribution in [0.1, 0.15) is 15.9 Å². The fourth-order valence-electron chi connectivity index (χ4n) is 2.02. The van der Waals surface area contributed by atoms with Crippen LogP contribution >= 0.6 is 0 Å². The van der Waals surface area contributed by atoms with E-state index in [2.05, 4.69) is 0 Å². The number of aromatic nitrogens is 1. The van der Waals surface area contributed by atoms with Gasteiger partial charge in [0.05, 0.1) is 7.11 Å². The number of ether oxygens (including phenoxy) is 1. The molecule has 0 N–H and O–H groups in total. The number of carbonyl (C=O) groups excluding carboxylic acids is 1. The summed E-state index contributed by atoms with van der Waals surface area (Å²) in [5.74, 6) is 0.567. The second kappa shape index (κ2) is 6.26. The average molecular weight is 286 g/mol. The molecule has 1 heterocycles. The molecule has 0 aliphatic rings. The molecule has 0 atom stereocenters. The van der Waals surface area contributed by atoms with E-state index in [0.29, 0.717) is 12.1 Å². The summed E-state index contributed by atoms with van der Waals surface area (Å²) < 4.78 is 6.59. The van der Waals surface area contributed by atoms with Crippen molar-refractivity contribution in [2.75, 3.05) is 14.2 Å². The van der Waals surface area contributed by atoms with E-state index in [4.69, 9.17) is 4.74 Å². The van der Waals surface area contributed by atoms with Gasteiger partial charge >= 0.3 is 0 Å². The molecular weight excluding hydrogens is 268 g/mol. The lowest BCUT2D eigenvalue weighted by Crippen LogP contribution is -2.28. The van der Waals surface area contributed by atoms with Crippen molar-refractivity contribution in [1.82, 2.24) is 9.47 Å². The van der Waals surface area contributed by atoms with Gasteiger partial charge in [0.2, 0.25) is 0 Å². The van der Waals surface area contributed by atoms with Crippen molar-refractivity contribution in [3.63, 3.8) is 0 Å². The van der Waals surface area contributed by atoms with Gasteiger partial charge in [-0.05, 0) is 23.8 Å². The molecule has 0 bridgehead atoms. The van der Waals surface area contributed by atoms with Crippen LogP contribution in [-0.4, -0.2) is 29.5 Å². The highest BCUT2D eigenvalue weighted by molar-refractivity contribution is 5.93. The topological polar surface area (TPSA) is 51.5 Å². The summed E-state index contributed by atoms with van der Waals surface area (Å²) in [7, 11) is 4.96. The molecule has 21 heavy (non-hydrogen) atoms. The highest BCUT2D eigenvalue weighted by Gasteiger charge is 2.13. The summed E-state index contributed by atoms with van der Waals surface area (Å²) in [5.41, 5.74) is 1.16. The van der Waals surface area contributed by atoms with E-state index in [1.165, 1.54) is 10.6 Å². The van der Waals surface area contributed by atoms with E-state index in [1.54, 1.807) is 38.4 Å². The van der Waals surface area contributed by atoms with Crippen LogP contribution in [0.15, 0.2) is 47.4 Å². The fraction of sp³-hybridized carbons (Fsp3) is 0.250. The van der Waals surface area contributed by atoms with Crippen LogP contribution in [0.25, 0.3) is 0 Å². The number of amides is 1. The Balaban J connectivity index is 2.15. The van der Waals surface area contributed by atoms with Crippen molar-refractivity contribution in [1.29, 1.82) is 0 Å². The second-order valence-electron chi connectivity index (χ2n) is 4.88. The zero-order chi connectivity index (χ0) is 15.4. The zero-order valence-corrected chi connectivity index (χ0v) is 12.4. The van der Waals surface area contributed by atoms with Gasteiger partial charge in [-0.25, -0.2) is 0 Å². The van der Waals surface area contributed by atoms with E-state index in [9.17, 15) is 9.59 Å². The summed E-state index contributed by atoms with van der Waals surface area (Å²) in [4.78, 5) is 25.5. The highest BCUT2D eigenvalue weighted by atomic mass is 16.5. The summed E-state index contributed by atoms with van der Waals surface area (Å²) in [5, 5.41) is 0. The van der Waals surface area contributed by atoms with Gasteiger partial charge in [-0.15, -0.1) is 0 Å². The minimum Gasteiger partial charge on any atom is -0.497 e. The van der Waals surface area contributed by atoms with Gasteiger partial charge in [-0.3, -0.25) is 9.59 Å². The SMILES string of the molecule is COc1cccc(CN(C)C(=O)c2ccn(C)c(=O)c2)c1. The Kier molecular flexibility index (Phi) is 4.42. The Labute approximate surface area is 123 Å². The lowest BCUT2D eigenvalue weighted by Gasteiger charge is -2.17. The van der Waals surface area contributed by atoms with Crippen molar-refractivity contribution in [3.8, 4) is 5.75 Å². The molecule has 0 aliphatic heterocycles. The van der Waals surface area contributed by atoms with Crippen molar-refractivity contribution < 1.29 is 9.53 Å². The number of methoxy groups -OCH3 is 1. The monoisotopic (exact) mass is 286 g/mol. The molecule has 0 fully saturated rings. The Morgan fingerprint density at radius 2 is 2.05 bits per heavy atom. The number of nitrogens with zero attached hydrogens (tertiary/aromatic N) is 2. The molecule has 2 rings (SSSR count).